The van der Waals surface area contributed by atoms with E-state index in [-0.39, 0.29) is 0 Å². The number of rotatable bonds is 5. The van der Waals surface area contributed by atoms with Crippen molar-refractivity contribution in [2.24, 2.45) is 7.05 Å². The molecule has 0 bridgehead atoms. The van der Waals surface area contributed by atoms with Crippen LogP contribution >= 0.6 is 15.9 Å². The van der Waals surface area contributed by atoms with Crippen LogP contribution in [0.5, 0.6) is 5.75 Å². The first-order valence-corrected chi connectivity index (χ1v) is 6.68. The lowest BCUT2D eigenvalue weighted by atomic mass is 10.1. The SMILES string of the molecule is CNCc1cc(Br)cc(C)c1OCc1nnn(C)n1. The summed E-state index contributed by atoms with van der Waals surface area (Å²) in [7, 11) is 3.64. The Morgan fingerprint density at radius 2 is 2.21 bits per heavy atom. The zero-order valence-electron chi connectivity index (χ0n) is 11.1. The average Bonchev–Trinajstić information content (AvgIpc) is 2.74. The molecule has 0 aliphatic heterocycles. The molecule has 1 N–H and O–H groups in total. The third-order valence-electron chi connectivity index (χ3n) is 2.58. The summed E-state index contributed by atoms with van der Waals surface area (Å²) in [5.74, 6) is 1.44. The molecule has 0 fully saturated rings. The molecule has 7 heteroatoms. The van der Waals surface area contributed by atoms with E-state index in [1.165, 1.54) is 4.80 Å². The second kappa shape index (κ2) is 6.12. The van der Waals surface area contributed by atoms with E-state index in [9.17, 15) is 0 Å². The molecule has 0 amide bonds. The maximum atomic E-state index is 5.84. The number of ether oxygens (including phenoxy) is 1. The minimum atomic E-state index is 0.313. The van der Waals surface area contributed by atoms with Gasteiger partial charge in [0.1, 0.15) is 5.75 Å². The monoisotopic (exact) mass is 325 g/mol. The molecular formula is C12H16BrN5O. The lowest BCUT2D eigenvalue weighted by Crippen LogP contribution is -2.09. The van der Waals surface area contributed by atoms with Crippen molar-refractivity contribution in [1.29, 1.82) is 0 Å². The second-order valence-electron chi connectivity index (χ2n) is 4.23. The Hall–Kier alpha value is -1.47. The Morgan fingerprint density at radius 3 is 2.84 bits per heavy atom. The number of benzene rings is 1. The highest BCUT2D eigenvalue weighted by molar-refractivity contribution is 9.10. The standard InChI is InChI=1S/C12H16BrN5O/c1-8-4-10(13)5-9(6-14-2)12(8)19-7-11-15-17-18(3)16-11/h4-5,14H,6-7H2,1-3H3. The van der Waals surface area contributed by atoms with Gasteiger partial charge in [-0.25, -0.2) is 0 Å². The van der Waals surface area contributed by atoms with Gasteiger partial charge in [-0.3, -0.25) is 0 Å². The van der Waals surface area contributed by atoms with Gasteiger partial charge >= 0.3 is 0 Å². The second-order valence-corrected chi connectivity index (χ2v) is 5.14. The lowest BCUT2D eigenvalue weighted by Gasteiger charge is -2.13. The van der Waals surface area contributed by atoms with Gasteiger partial charge in [-0.2, -0.15) is 4.80 Å². The van der Waals surface area contributed by atoms with Crippen molar-refractivity contribution in [3.63, 3.8) is 0 Å². The summed E-state index contributed by atoms with van der Waals surface area (Å²) in [4.78, 5) is 1.42. The molecular weight excluding hydrogens is 310 g/mol. The van der Waals surface area contributed by atoms with Gasteiger partial charge in [0.15, 0.2) is 6.61 Å². The fraction of sp³-hybridized carbons (Fsp3) is 0.417. The molecule has 1 aromatic carbocycles. The van der Waals surface area contributed by atoms with Gasteiger partial charge in [0.25, 0.3) is 0 Å². The molecule has 0 radical (unpaired) electrons. The van der Waals surface area contributed by atoms with Gasteiger partial charge in [0.05, 0.1) is 7.05 Å². The minimum absolute atomic E-state index is 0.313. The third kappa shape index (κ3) is 3.51. The van der Waals surface area contributed by atoms with E-state index < -0.39 is 0 Å². The summed E-state index contributed by atoms with van der Waals surface area (Å²) in [5.41, 5.74) is 2.17. The van der Waals surface area contributed by atoms with Crippen LogP contribution in [-0.2, 0) is 20.2 Å². The van der Waals surface area contributed by atoms with Crippen LogP contribution in [-0.4, -0.2) is 27.3 Å². The summed E-state index contributed by atoms with van der Waals surface area (Å²) in [5, 5.41) is 14.9. The fourth-order valence-electron chi connectivity index (χ4n) is 1.85. The zero-order valence-corrected chi connectivity index (χ0v) is 12.7. The van der Waals surface area contributed by atoms with E-state index in [0.717, 1.165) is 27.9 Å². The number of aryl methyl sites for hydroxylation is 2. The van der Waals surface area contributed by atoms with Crippen molar-refractivity contribution in [1.82, 2.24) is 25.5 Å². The Morgan fingerprint density at radius 1 is 1.42 bits per heavy atom. The Bertz CT molecular complexity index is 569. The van der Waals surface area contributed by atoms with Crippen molar-refractivity contribution in [3.05, 3.63) is 33.6 Å². The van der Waals surface area contributed by atoms with Crippen molar-refractivity contribution in [3.8, 4) is 5.75 Å². The van der Waals surface area contributed by atoms with E-state index in [1.54, 1.807) is 7.05 Å². The molecule has 0 aliphatic rings. The molecule has 2 rings (SSSR count). The van der Waals surface area contributed by atoms with Crippen LogP contribution in [0.1, 0.15) is 17.0 Å². The number of hydrogen-bond donors (Lipinski definition) is 1. The Kier molecular flexibility index (Phi) is 4.49. The molecule has 0 spiro atoms. The third-order valence-corrected chi connectivity index (χ3v) is 3.04. The quantitative estimate of drug-likeness (QED) is 0.904. The van der Waals surface area contributed by atoms with E-state index in [1.807, 2.05) is 26.1 Å². The van der Waals surface area contributed by atoms with Crippen LogP contribution in [0.3, 0.4) is 0 Å². The first-order valence-electron chi connectivity index (χ1n) is 5.89. The van der Waals surface area contributed by atoms with Crippen LogP contribution in [0.2, 0.25) is 0 Å². The smallest absolute Gasteiger partial charge is 0.212 e. The predicted molar refractivity (Wildman–Crippen MR) is 74.8 cm³/mol. The molecule has 1 heterocycles. The van der Waals surface area contributed by atoms with Crippen molar-refractivity contribution >= 4 is 15.9 Å². The average molecular weight is 326 g/mol. The summed E-state index contributed by atoms with van der Waals surface area (Å²) in [6.45, 7) is 3.07. The Labute approximate surface area is 120 Å². The molecule has 1 aromatic heterocycles. The number of nitrogens with zero attached hydrogens (tertiary/aromatic N) is 4. The fourth-order valence-corrected chi connectivity index (χ4v) is 2.47. The molecule has 0 aliphatic carbocycles. The maximum absolute atomic E-state index is 5.84. The molecule has 6 nitrogen and oxygen atoms in total. The number of tetrazole rings is 1. The van der Waals surface area contributed by atoms with Crippen LogP contribution in [0.15, 0.2) is 16.6 Å². The highest BCUT2D eigenvalue weighted by Crippen LogP contribution is 2.28. The first kappa shape index (κ1) is 14.0. The molecule has 0 saturated carbocycles. The van der Waals surface area contributed by atoms with Crippen molar-refractivity contribution in [2.75, 3.05) is 7.05 Å². The summed E-state index contributed by atoms with van der Waals surface area (Å²) in [6.07, 6.45) is 0. The normalized spacial score (nSPS) is 10.7. The predicted octanol–water partition coefficient (Wildman–Crippen LogP) is 1.58. The molecule has 19 heavy (non-hydrogen) atoms. The summed E-state index contributed by atoms with van der Waals surface area (Å²) in [6, 6.07) is 4.07. The molecule has 0 atom stereocenters. The van der Waals surface area contributed by atoms with Gasteiger partial charge in [0, 0.05) is 16.6 Å². The maximum Gasteiger partial charge on any atom is 0.212 e. The molecule has 0 saturated heterocycles. The van der Waals surface area contributed by atoms with Gasteiger partial charge in [0.2, 0.25) is 5.82 Å². The van der Waals surface area contributed by atoms with Gasteiger partial charge in [-0.15, -0.1) is 10.2 Å². The minimum Gasteiger partial charge on any atom is -0.485 e. The summed E-state index contributed by atoms with van der Waals surface area (Å²) >= 11 is 3.50. The highest BCUT2D eigenvalue weighted by atomic mass is 79.9. The van der Waals surface area contributed by atoms with Gasteiger partial charge < -0.3 is 10.1 Å². The first-order chi connectivity index (χ1) is 9.10. The number of halogens is 1. The largest absolute Gasteiger partial charge is 0.485 e. The topological polar surface area (TPSA) is 64.9 Å². The van der Waals surface area contributed by atoms with E-state index in [4.69, 9.17) is 4.74 Å². The number of nitrogens with one attached hydrogen (secondary N) is 1. The number of aromatic nitrogens is 4. The van der Waals surface area contributed by atoms with E-state index >= 15 is 0 Å². The van der Waals surface area contributed by atoms with E-state index in [2.05, 4.69) is 36.7 Å². The molecule has 0 unspecified atom stereocenters. The van der Waals surface area contributed by atoms with Crippen LogP contribution in [0, 0.1) is 6.92 Å². The van der Waals surface area contributed by atoms with Crippen LogP contribution in [0.25, 0.3) is 0 Å². The van der Waals surface area contributed by atoms with Gasteiger partial charge in [-0.1, -0.05) is 15.9 Å². The lowest BCUT2D eigenvalue weighted by molar-refractivity contribution is 0.289. The van der Waals surface area contributed by atoms with Crippen molar-refractivity contribution < 1.29 is 4.74 Å². The van der Waals surface area contributed by atoms with E-state index in [0.29, 0.717) is 12.4 Å². The van der Waals surface area contributed by atoms with Gasteiger partial charge in [-0.05, 0) is 36.9 Å². The van der Waals surface area contributed by atoms with Crippen LogP contribution in [0.4, 0.5) is 0 Å². The number of hydrogen-bond acceptors (Lipinski definition) is 5. The zero-order chi connectivity index (χ0) is 13.8. The van der Waals surface area contributed by atoms with Crippen LogP contribution < -0.4 is 10.1 Å². The molecule has 102 valence electrons. The summed E-state index contributed by atoms with van der Waals surface area (Å²) < 4.78 is 6.88. The highest BCUT2D eigenvalue weighted by Gasteiger charge is 2.10. The molecule has 2 aromatic rings. The Balaban J connectivity index is 2.18. The van der Waals surface area contributed by atoms with Crippen molar-refractivity contribution in [2.45, 2.75) is 20.1 Å².